The zero-order chi connectivity index (χ0) is 20.7. The first-order chi connectivity index (χ1) is 13.3. The van der Waals surface area contributed by atoms with E-state index in [1.807, 2.05) is 16.8 Å². The van der Waals surface area contributed by atoms with Crippen molar-refractivity contribution in [3.05, 3.63) is 28.3 Å². The van der Waals surface area contributed by atoms with Crippen molar-refractivity contribution < 1.29 is 24.4 Å². The molecule has 28 heavy (non-hydrogen) atoms. The number of anilines is 1. The molecule has 1 aliphatic rings. The summed E-state index contributed by atoms with van der Waals surface area (Å²) in [6, 6.07) is 4.21. The Balaban J connectivity index is 1.91. The van der Waals surface area contributed by atoms with Crippen LogP contribution in [0.3, 0.4) is 0 Å². The van der Waals surface area contributed by atoms with Gasteiger partial charge in [0.2, 0.25) is 5.91 Å². The van der Waals surface area contributed by atoms with Crippen molar-refractivity contribution in [2.24, 2.45) is 0 Å². The molecule has 1 amide bonds. The van der Waals surface area contributed by atoms with E-state index in [0.29, 0.717) is 12.2 Å². The highest BCUT2D eigenvalue weighted by Crippen LogP contribution is 2.29. The number of nitrogens with one attached hydrogen (secondary N) is 1. The van der Waals surface area contributed by atoms with Crippen molar-refractivity contribution in [3.63, 3.8) is 0 Å². The molecule has 10 heteroatoms. The molecule has 2 N–H and O–H groups in total. The summed E-state index contributed by atoms with van der Waals surface area (Å²) in [6.45, 7) is 1.64. The number of rotatable bonds is 8. The van der Waals surface area contributed by atoms with E-state index in [4.69, 9.17) is 9.84 Å². The van der Waals surface area contributed by atoms with E-state index in [1.54, 1.807) is 0 Å². The van der Waals surface area contributed by atoms with E-state index in [0.717, 1.165) is 25.8 Å². The van der Waals surface area contributed by atoms with Crippen LogP contribution in [0.4, 0.5) is 11.4 Å². The van der Waals surface area contributed by atoms with Crippen molar-refractivity contribution >= 4 is 23.3 Å². The number of carbonyl (C=O) groups is 2. The van der Waals surface area contributed by atoms with Crippen LogP contribution in [-0.2, 0) is 9.59 Å². The normalized spacial score (nSPS) is 17.8. The fraction of sp³-hybridized carbons (Fsp3) is 0.556. The van der Waals surface area contributed by atoms with Crippen LogP contribution in [0.1, 0.15) is 19.3 Å². The zero-order valence-electron chi connectivity index (χ0n) is 16.1. The molecule has 0 saturated carbocycles. The number of hydrogen-bond donors (Lipinski definition) is 2. The number of benzene rings is 1. The Labute approximate surface area is 163 Å². The van der Waals surface area contributed by atoms with Crippen LogP contribution in [-0.4, -0.2) is 78.1 Å². The number of ether oxygens (including phenoxy) is 1. The average molecular weight is 394 g/mol. The molecule has 1 aliphatic heterocycles. The van der Waals surface area contributed by atoms with Crippen LogP contribution in [0, 0.1) is 10.1 Å². The number of carboxylic acids is 1. The second-order valence-corrected chi connectivity index (χ2v) is 6.86. The van der Waals surface area contributed by atoms with Crippen LogP contribution in [0.2, 0.25) is 0 Å². The fourth-order valence-electron chi connectivity index (χ4n) is 3.37. The Morgan fingerprint density at radius 3 is 2.79 bits per heavy atom. The molecule has 10 nitrogen and oxygen atoms in total. The minimum absolute atomic E-state index is 0.00505. The summed E-state index contributed by atoms with van der Waals surface area (Å²) in [6.07, 6.45) is 2.55. The fourth-order valence-corrected chi connectivity index (χ4v) is 3.37. The number of carbonyl (C=O) groups excluding carboxylic acids is 1. The van der Waals surface area contributed by atoms with Crippen molar-refractivity contribution in [2.75, 3.05) is 45.7 Å². The van der Waals surface area contributed by atoms with Gasteiger partial charge in [-0.3, -0.25) is 29.5 Å². The maximum atomic E-state index is 12.4. The van der Waals surface area contributed by atoms with Gasteiger partial charge in [0.05, 0.1) is 36.9 Å². The lowest BCUT2D eigenvalue weighted by Crippen LogP contribution is -2.37. The highest BCUT2D eigenvalue weighted by atomic mass is 16.6. The van der Waals surface area contributed by atoms with Gasteiger partial charge in [-0.15, -0.1) is 0 Å². The molecule has 0 bridgehead atoms. The lowest BCUT2D eigenvalue weighted by Gasteiger charge is -2.25. The standard InChI is InChI=1S/C18H26N4O6/c1-20(12-18(24)25)13-4-3-8-21(9-7-13)11-17(23)19-15-6-5-14(22(26)27)10-16(15)28-2/h5-6,10,13H,3-4,7-9,11-12H2,1-2H3,(H,19,23)(H,24,25). The molecule has 2 rings (SSSR count). The molecule has 0 aromatic heterocycles. The van der Waals surface area contributed by atoms with Gasteiger partial charge in [-0.2, -0.15) is 0 Å². The molecule has 0 radical (unpaired) electrons. The van der Waals surface area contributed by atoms with Gasteiger partial charge in [-0.1, -0.05) is 0 Å². The Hall–Kier alpha value is -2.72. The molecule has 1 aromatic carbocycles. The third-order valence-electron chi connectivity index (χ3n) is 4.84. The number of likely N-dealkylation sites (tertiary alicyclic amines) is 1. The number of nitro groups is 1. The van der Waals surface area contributed by atoms with Crippen LogP contribution in [0.15, 0.2) is 18.2 Å². The van der Waals surface area contributed by atoms with Gasteiger partial charge in [0.15, 0.2) is 0 Å². The second kappa shape index (κ2) is 10.00. The summed E-state index contributed by atoms with van der Waals surface area (Å²) >= 11 is 0. The Bertz CT molecular complexity index is 726. The molecule has 1 fully saturated rings. The minimum atomic E-state index is -0.847. The van der Waals surface area contributed by atoms with Crippen molar-refractivity contribution in [3.8, 4) is 5.75 Å². The molecule has 1 heterocycles. The molecule has 1 aromatic rings. The predicted molar refractivity (Wildman–Crippen MR) is 103 cm³/mol. The van der Waals surface area contributed by atoms with Gasteiger partial charge >= 0.3 is 5.97 Å². The summed E-state index contributed by atoms with van der Waals surface area (Å²) in [5.74, 6) is -0.849. The van der Waals surface area contributed by atoms with E-state index in [9.17, 15) is 19.7 Å². The molecule has 0 spiro atoms. The molecule has 1 atom stereocenters. The smallest absolute Gasteiger partial charge is 0.317 e. The Morgan fingerprint density at radius 1 is 1.39 bits per heavy atom. The van der Waals surface area contributed by atoms with Crippen molar-refractivity contribution in [1.29, 1.82) is 0 Å². The first-order valence-corrected chi connectivity index (χ1v) is 9.06. The molecular formula is C18H26N4O6. The highest BCUT2D eigenvalue weighted by Gasteiger charge is 2.23. The number of likely N-dealkylation sites (N-methyl/N-ethyl adjacent to an activating group) is 1. The van der Waals surface area contributed by atoms with Crippen LogP contribution >= 0.6 is 0 Å². The number of amides is 1. The Kier molecular flexibility index (Phi) is 7.70. The summed E-state index contributed by atoms with van der Waals surface area (Å²) in [4.78, 5) is 37.5. The topological polar surface area (TPSA) is 125 Å². The number of methoxy groups -OCH3 is 1. The van der Waals surface area contributed by atoms with E-state index < -0.39 is 10.9 Å². The van der Waals surface area contributed by atoms with E-state index >= 15 is 0 Å². The van der Waals surface area contributed by atoms with Crippen LogP contribution in [0.25, 0.3) is 0 Å². The van der Waals surface area contributed by atoms with Gasteiger partial charge in [-0.05, 0) is 38.9 Å². The van der Waals surface area contributed by atoms with Crippen molar-refractivity contribution in [2.45, 2.75) is 25.3 Å². The number of non-ortho nitro benzene ring substituents is 1. The summed E-state index contributed by atoms with van der Waals surface area (Å²) in [5.41, 5.74) is 0.269. The van der Waals surface area contributed by atoms with Gasteiger partial charge in [-0.25, -0.2) is 0 Å². The number of aliphatic carboxylic acids is 1. The van der Waals surface area contributed by atoms with Gasteiger partial charge < -0.3 is 15.2 Å². The molecule has 0 aliphatic carbocycles. The lowest BCUT2D eigenvalue weighted by molar-refractivity contribution is -0.384. The molecular weight excluding hydrogens is 368 g/mol. The number of carboxylic acid groups (broad SMARTS) is 1. The summed E-state index contributed by atoms with van der Waals surface area (Å²) < 4.78 is 5.13. The number of hydrogen-bond acceptors (Lipinski definition) is 7. The van der Waals surface area contributed by atoms with Gasteiger partial charge in [0.25, 0.3) is 5.69 Å². The maximum Gasteiger partial charge on any atom is 0.317 e. The van der Waals surface area contributed by atoms with E-state index in [2.05, 4.69) is 5.32 Å². The summed E-state index contributed by atoms with van der Waals surface area (Å²) in [7, 11) is 3.19. The quantitative estimate of drug-likeness (QED) is 0.501. The first kappa shape index (κ1) is 21.6. The van der Waals surface area contributed by atoms with Crippen LogP contribution in [0.5, 0.6) is 5.75 Å². The Morgan fingerprint density at radius 2 is 2.14 bits per heavy atom. The minimum Gasteiger partial charge on any atom is -0.494 e. The second-order valence-electron chi connectivity index (χ2n) is 6.86. The van der Waals surface area contributed by atoms with E-state index in [1.165, 1.54) is 25.3 Å². The lowest BCUT2D eigenvalue weighted by atomic mass is 10.1. The van der Waals surface area contributed by atoms with E-state index in [-0.39, 0.29) is 36.5 Å². The summed E-state index contributed by atoms with van der Waals surface area (Å²) in [5, 5.41) is 22.5. The highest BCUT2D eigenvalue weighted by molar-refractivity contribution is 5.93. The average Bonchev–Trinajstić information content (AvgIpc) is 2.86. The number of nitro benzene ring substituents is 1. The maximum absolute atomic E-state index is 12.4. The molecule has 154 valence electrons. The van der Waals surface area contributed by atoms with Gasteiger partial charge in [0, 0.05) is 18.7 Å². The van der Waals surface area contributed by atoms with Crippen molar-refractivity contribution in [1.82, 2.24) is 9.80 Å². The number of nitrogens with zero attached hydrogens (tertiary/aromatic N) is 3. The largest absolute Gasteiger partial charge is 0.494 e. The first-order valence-electron chi connectivity index (χ1n) is 9.06. The zero-order valence-corrected chi connectivity index (χ0v) is 16.1. The third kappa shape index (κ3) is 6.17. The predicted octanol–water partition coefficient (Wildman–Crippen LogP) is 1.41. The monoisotopic (exact) mass is 394 g/mol. The molecule has 1 saturated heterocycles. The SMILES string of the molecule is COc1cc([N+](=O)[O-])ccc1NC(=O)CN1CCCC(N(C)CC(=O)O)CC1. The third-order valence-corrected chi connectivity index (χ3v) is 4.84. The van der Waals surface area contributed by atoms with Gasteiger partial charge in [0.1, 0.15) is 5.75 Å². The molecule has 1 unspecified atom stereocenters. The van der Waals surface area contributed by atoms with Crippen LogP contribution < -0.4 is 10.1 Å².